The Bertz CT molecular complexity index is 1240. The van der Waals surface area contributed by atoms with E-state index in [0.29, 0.717) is 22.0 Å². The molecule has 0 fully saturated rings. The molecule has 120 valence electrons. The zero-order valence-corrected chi connectivity index (χ0v) is 13.0. The lowest BCUT2D eigenvalue weighted by atomic mass is 9.85. The van der Waals surface area contributed by atoms with Gasteiger partial charge in [-0.15, -0.1) is 0 Å². The summed E-state index contributed by atoms with van der Waals surface area (Å²) in [4.78, 5) is 20.5. The molecule has 0 amide bonds. The van der Waals surface area contributed by atoms with Crippen molar-refractivity contribution in [1.82, 2.24) is 0 Å². The maximum absolute atomic E-state index is 12.6. The lowest BCUT2D eigenvalue weighted by Crippen LogP contribution is -2.83. The Balaban J connectivity index is 1.92. The second-order valence-corrected chi connectivity index (χ2v) is 6.17. The number of ketones is 1. The van der Waals surface area contributed by atoms with Gasteiger partial charge in [-0.3, -0.25) is 4.79 Å². The molecule has 1 heterocycles. The number of benzene rings is 3. The number of phenolic OH excluding ortho intramolecular Hbond substituents is 2. The van der Waals surface area contributed by atoms with Crippen LogP contribution in [0.4, 0.5) is 0 Å². The van der Waals surface area contributed by atoms with Gasteiger partial charge >= 0.3 is 0 Å². The summed E-state index contributed by atoms with van der Waals surface area (Å²) in [6, 6.07) is 14.0. The molecule has 0 saturated carbocycles. The number of para-hydroxylation sites is 2. The van der Waals surface area contributed by atoms with Crippen LogP contribution >= 0.6 is 0 Å². The van der Waals surface area contributed by atoms with Gasteiger partial charge in [0.1, 0.15) is 22.6 Å². The van der Waals surface area contributed by atoms with Crippen molar-refractivity contribution in [2.45, 2.75) is 6.04 Å². The maximum Gasteiger partial charge on any atom is 0.225 e. The quantitative estimate of drug-likeness (QED) is 0.522. The van der Waals surface area contributed by atoms with Crippen LogP contribution in [0, 0.1) is 0 Å². The summed E-state index contributed by atoms with van der Waals surface area (Å²) < 4.78 is 0. The van der Waals surface area contributed by atoms with Crippen LogP contribution in [-0.4, -0.2) is 16.0 Å². The highest BCUT2D eigenvalue weighted by atomic mass is 16.3. The van der Waals surface area contributed by atoms with Gasteiger partial charge in [0.15, 0.2) is 5.78 Å². The summed E-state index contributed by atoms with van der Waals surface area (Å²) in [6.07, 6.45) is 1.42. The molecule has 0 bridgehead atoms. The highest BCUT2D eigenvalue weighted by Crippen LogP contribution is 2.45. The van der Waals surface area contributed by atoms with Gasteiger partial charge in [0, 0.05) is 22.9 Å². The minimum atomic E-state index is -0.488. The van der Waals surface area contributed by atoms with E-state index in [0.717, 1.165) is 10.7 Å². The minimum Gasteiger partial charge on any atom is -0.507 e. The molecule has 0 radical (unpaired) electrons. The summed E-state index contributed by atoms with van der Waals surface area (Å²) >= 11 is 0. The number of hydrogen-bond acceptors (Lipinski definition) is 4. The van der Waals surface area contributed by atoms with Crippen LogP contribution < -0.4 is 15.7 Å². The fourth-order valence-corrected chi connectivity index (χ4v) is 3.62. The maximum atomic E-state index is 12.6. The van der Waals surface area contributed by atoms with Crippen molar-refractivity contribution in [3.05, 3.63) is 82.1 Å². The van der Waals surface area contributed by atoms with Crippen LogP contribution in [0.3, 0.4) is 0 Å². The van der Waals surface area contributed by atoms with Crippen molar-refractivity contribution in [3.63, 3.8) is 0 Å². The third kappa shape index (κ3) is 1.80. The van der Waals surface area contributed by atoms with Crippen LogP contribution in [0.25, 0.3) is 10.8 Å². The Morgan fingerprint density at radius 3 is 2.40 bits per heavy atom. The molecule has 2 aliphatic rings. The van der Waals surface area contributed by atoms with Crippen LogP contribution in [0.1, 0.15) is 22.0 Å². The largest absolute Gasteiger partial charge is 0.507 e. The topological polar surface area (TPSA) is 83.9 Å². The van der Waals surface area contributed by atoms with Crippen LogP contribution in [0.5, 0.6) is 11.5 Å². The van der Waals surface area contributed by atoms with E-state index in [1.54, 1.807) is 24.3 Å². The first-order chi connectivity index (χ1) is 12.1. The van der Waals surface area contributed by atoms with E-state index >= 15 is 0 Å². The minimum absolute atomic E-state index is 0.00516. The number of nitrogens with one attached hydrogen (secondary N) is 1. The zero-order chi connectivity index (χ0) is 17.1. The molecule has 0 aromatic heterocycles. The number of allylic oxidation sites excluding steroid dienone is 1. The van der Waals surface area contributed by atoms with Crippen LogP contribution in [0.15, 0.2) is 65.3 Å². The Labute approximate surface area is 141 Å². The van der Waals surface area contributed by atoms with Gasteiger partial charge < -0.3 is 10.2 Å². The van der Waals surface area contributed by atoms with Crippen molar-refractivity contribution in [2.24, 2.45) is 4.99 Å². The normalized spacial score (nSPS) is 17.7. The Morgan fingerprint density at radius 2 is 1.60 bits per heavy atom. The number of aromatic hydroxyl groups is 2. The Kier molecular flexibility index (Phi) is 2.65. The van der Waals surface area contributed by atoms with E-state index in [-0.39, 0.29) is 22.8 Å². The highest BCUT2D eigenvalue weighted by molar-refractivity contribution is 6.14. The lowest BCUT2D eigenvalue weighted by molar-refractivity contribution is -0.543. The Morgan fingerprint density at radius 1 is 0.920 bits per heavy atom. The second kappa shape index (κ2) is 4.77. The molecule has 3 aromatic rings. The molecule has 1 aliphatic heterocycles. The smallest absolute Gasteiger partial charge is 0.225 e. The molecule has 25 heavy (non-hydrogen) atoms. The first kappa shape index (κ1) is 13.9. The van der Waals surface area contributed by atoms with E-state index in [9.17, 15) is 15.0 Å². The number of fused-ring (bicyclic) bond motifs is 5. The number of nitrogens with zero attached hydrogens (tertiary/aromatic N) is 1. The molecular formula is C20H13N2O3+. The molecule has 1 aliphatic carbocycles. The van der Waals surface area contributed by atoms with Crippen LogP contribution in [-0.2, 0) is 0 Å². The first-order valence-corrected chi connectivity index (χ1v) is 7.95. The SMILES string of the molecule is O=C1C=C2N=c3ccccc3=[NH+]C2c2c1c(O)c1ccccc1c2O. The zero-order valence-electron chi connectivity index (χ0n) is 13.0. The number of carbonyl (C=O) groups is 1. The molecule has 1 unspecified atom stereocenters. The summed E-state index contributed by atoms with van der Waals surface area (Å²) in [7, 11) is 0. The van der Waals surface area contributed by atoms with E-state index in [1.165, 1.54) is 6.08 Å². The van der Waals surface area contributed by atoms with Gasteiger partial charge in [-0.05, 0) is 6.07 Å². The Hall–Kier alpha value is -3.47. The third-order valence-electron chi connectivity index (χ3n) is 4.76. The fraction of sp³-hybridized carbons (Fsp3) is 0.0500. The second-order valence-electron chi connectivity index (χ2n) is 6.17. The number of hydrogen-bond donors (Lipinski definition) is 3. The molecule has 1 atom stereocenters. The predicted octanol–water partition coefficient (Wildman–Crippen LogP) is 0.406. The van der Waals surface area contributed by atoms with Crippen molar-refractivity contribution >= 4 is 16.6 Å². The van der Waals surface area contributed by atoms with Gasteiger partial charge in [0.2, 0.25) is 11.4 Å². The van der Waals surface area contributed by atoms with E-state index in [2.05, 4.69) is 9.98 Å². The van der Waals surface area contributed by atoms with E-state index in [4.69, 9.17) is 0 Å². The van der Waals surface area contributed by atoms with Gasteiger partial charge in [0.25, 0.3) is 0 Å². The molecule has 3 N–H and O–H groups in total. The lowest BCUT2D eigenvalue weighted by Gasteiger charge is -2.22. The molecule has 3 aromatic carbocycles. The van der Waals surface area contributed by atoms with Crippen LogP contribution in [0.2, 0.25) is 0 Å². The average Bonchev–Trinajstić information content (AvgIpc) is 2.64. The molecule has 5 rings (SSSR count). The fourth-order valence-electron chi connectivity index (χ4n) is 3.62. The molecular weight excluding hydrogens is 316 g/mol. The van der Waals surface area contributed by atoms with E-state index in [1.807, 2.05) is 24.3 Å². The summed E-state index contributed by atoms with van der Waals surface area (Å²) in [6.45, 7) is 0. The summed E-state index contributed by atoms with van der Waals surface area (Å²) in [5, 5.41) is 24.0. The number of carbonyl (C=O) groups excluding carboxylic acids is 1. The average molecular weight is 329 g/mol. The molecule has 0 saturated heterocycles. The molecule has 5 heteroatoms. The first-order valence-electron chi connectivity index (χ1n) is 7.95. The van der Waals surface area contributed by atoms with Gasteiger partial charge in [-0.25, -0.2) is 9.98 Å². The van der Waals surface area contributed by atoms with Crippen molar-refractivity contribution < 1.29 is 20.0 Å². The number of phenols is 2. The third-order valence-corrected chi connectivity index (χ3v) is 4.76. The van der Waals surface area contributed by atoms with Crippen molar-refractivity contribution in [2.75, 3.05) is 0 Å². The monoisotopic (exact) mass is 329 g/mol. The predicted molar refractivity (Wildman–Crippen MR) is 89.7 cm³/mol. The van der Waals surface area contributed by atoms with Gasteiger partial charge in [0.05, 0.1) is 11.1 Å². The van der Waals surface area contributed by atoms with Gasteiger partial charge in [-0.1, -0.05) is 36.4 Å². The molecule has 0 spiro atoms. The summed E-state index contributed by atoms with van der Waals surface area (Å²) in [5.74, 6) is -0.469. The van der Waals surface area contributed by atoms with Crippen molar-refractivity contribution in [1.29, 1.82) is 0 Å². The number of rotatable bonds is 0. The van der Waals surface area contributed by atoms with E-state index < -0.39 is 6.04 Å². The highest BCUT2D eigenvalue weighted by Gasteiger charge is 2.38. The van der Waals surface area contributed by atoms with Gasteiger partial charge in [-0.2, -0.15) is 0 Å². The molecule has 5 nitrogen and oxygen atoms in total. The summed E-state index contributed by atoms with van der Waals surface area (Å²) in [5.41, 5.74) is 1.03. The standard InChI is InChI=1S/C20H12N2O3/c23-15-9-14-18(22-13-8-4-3-7-12(13)21-14)17-16(15)19(24)10-5-1-2-6-11(10)20(17)25/h1-9,18,24-25H/p+1. The van der Waals surface area contributed by atoms with Crippen molar-refractivity contribution in [3.8, 4) is 11.5 Å².